The predicted octanol–water partition coefficient (Wildman–Crippen LogP) is 2.32. The van der Waals surface area contributed by atoms with E-state index >= 15 is 0 Å². The molecule has 0 unspecified atom stereocenters. The summed E-state index contributed by atoms with van der Waals surface area (Å²) >= 11 is 0. The molecule has 0 saturated heterocycles. The maximum Gasteiger partial charge on any atom is 0.0661 e. The average molecular weight is 198 g/mol. The van der Waals surface area contributed by atoms with Crippen LogP contribution in [0.1, 0.15) is 17.5 Å². The standard InChI is InChI=1S/C13H14N2/c1-2-13-12(5-8-15-13)9-11(1)10-3-6-14-7-4-10/h1-3,8-9,14H,4-7H2. The van der Waals surface area contributed by atoms with Crippen LogP contribution in [-0.2, 0) is 6.42 Å². The zero-order chi connectivity index (χ0) is 10.1. The highest BCUT2D eigenvalue weighted by Crippen LogP contribution is 2.29. The molecule has 0 bridgehead atoms. The lowest BCUT2D eigenvalue weighted by atomic mass is 9.97. The van der Waals surface area contributed by atoms with Crippen LogP contribution < -0.4 is 5.32 Å². The van der Waals surface area contributed by atoms with Crippen LogP contribution in [0.2, 0.25) is 0 Å². The van der Waals surface area contributed by atoms with Crippen molar-refractivity contribution in [3.63, 3.8) is 0 Å². The maximum absolute atomic E-state index is 4.33. The number of benzene rings is 1. The van der Waals surface area contributed by atoms with Crippen LogP contribution in [0.15, 0.2) is 29.3 Å². The highest BCUT2D eigenvalue weighted by molar-refractivity contribution is 5.78. The lowest BCUT2D eigenvalue weighted by Gasteiger charge is -2.14. The Morgan fingerprint density at radius 2 is 2.27 bits per heavy atom. The minimum atomic E-state index is 0.995. The Hall–Kier alpha value is -1.41. The second-order valence-corrected chi connectivity index (χ2v) is 4.04. The van der Waals surface area contributed by atoms with Crippen molar-refractivity contribution >= 4 is 17.5 Å². The summed E-state index contributed by atoms with van der Waals surface area (Å²) in [6.07, 6.45) is 6.42. The Balaban J connectivity index is 1.96. The van der Waals surface area contributed by atoms with Crippen LogP contribution in [0, 0.1) is 0 Å². The van der Waals surface area contributed by atoms with Crippen LogP contribution >= 0.6 is 0 Å². The Labute approximate surface area is 89.7 Å². The molecule has 2 nitrogen and oxygen atoms in total. The summed E-state index contributed by atoms with van der Waals surface area (Å²) in [4.78, 5) is 4.33. The number of fused-ring (bicyclic) bond motifs is 1. The SMILES string of the molecule is C1=Nc2ccc(C3=CCNCC3)cc2C1. The third-order valence-electron chi connectivity index (χ3n) is 3.06. The summed E-state index contributed by atoms with van der Waals surface area (Å²) in [6.45, 7) is 2.10. The Kier molecular flexibility index (Phi) is 2.14. The van der Waals surface area contributed by atoms with Gasteiger partial charge in [-0.25, -0.2) is 0 Å². The van der Waals surface area contributed by atoms with E-state index in [0.717, 1.165) is 31.6 Å². The molecule has 1 aromatic rings. The quantitative estimate of drug-likeness (QED) is 0.735. The fourth-order valence-corrected chi connectivity index (χ4v) is 2.20. The molecule has 0 amide bonds. The molecule has 76 valence electrons. The summed E-state index contributed by atoms with van der Waals surface area (Å²) < 4.78 is 0. The first-order chi connectivity index (χ1) is 7.43. The number of hydrogen-bond acceptors (Lipinski definition) is 2. The van der Waals surface area contributed by atoms with Crippen LogP contribution in [0.5, 0.6) is 0 Å². The molecule has 1 N–H and O–H groups in total. The van der Waals surface area contributed by atoms with Crippen molar-refractivity contribution in [1.82, 2.24) is 5.32 Å². The van der Waals surface area contributed by atoms with E-state index in [4.69, 9.17) is 0 Å². The van der Waals surface area contributed by atoms with Crippen molar-refractivity contribution in [2.24, 2.45) is 4.99 Å². The van der Waals surface area contributed by atoms with E-state index < -0.39 is 0 Å². The number of nitrogens with one attached hydrogen (secondary N) is 1. The Morgan fingerprint density at radius 3 is 3.13 bits per heavy atom. The van der Waals surface area contributed by atoms with E-state index in [0.29, 0.717) is 0 Å². The number of rotatable bonds is 1. The van der Waals surface area contributed by atoms with E-state index in [-0.39, 0.29) is 0 Å². The zero-order valence-electron chi connectivity index (χ0n) is 8.66. The number of nitrogens with zero attached hydrogens (tertiary/aromatic N) is 1. The number of hydrogen-bond donors (Lipinski definition) is 1. The van der Waals surface area contributed by atoms with Crippen molar-refractivity contribution in [3.8, 4) is 0 Å². The molecular formula is C13H14N2. The molecule has 2 heteroatoms. The molecule has 0 aliphatic carbocycles. The summed E-state index contributed by atoms with van der Waals surface area (Å²) in [5.74, 6) is 0. The highest BCUT2D eigenvalue weighted by Gasteiger charge is 2.10. The molecule has 0 aromatic heterocycles. The normalized spacial score (nSPS) is 18.8. The highest BCUT2D eigenvalue weighted by atomic mass is 14.8. The van der Waals surface area contributed by atoms with Gasteiger partial charge in [-0.05, 0) is 41.8 Å². The van der Waals surface area contributed by atoms with E-state index in [1.54, 1.807) is 0 Å². The maximum atomic E-state index is 4.33. The van der Waals surface area contributed by atoms with Gasteiger partial charge in [-0.3, -0.25) is 4.99 Å². The van der Waals surface area contributed by atoms with E-state index in [1.165, 1.54) is 16.7 Å². The summed E-state index contributed by atoms with van der Waals surface area (Å²) in [6, 6.07) is 6.62. The molecule has 2 aliphatic heterocycles. The second kappa shape index (κ2) is 3.63. The van der Waals surface area contributed by atoms with Crippen LogP contribution in [-0.4, -0.2) is 19.3 Å². The number of aliphatic imine (C=N–C) groups is 1. The fourth-order valence-electron chi connectivity index (χ4n) is 2.20. The fraction of sp³-hybridized carbons (Fsp3) is 0.308. The van der Waals surface area contributed by atoms with Gasteiger partial charge in [-0.15, -0.1) is 0 Å². The topological polar surface area (TPSA) is 24.4 Å². The molecule has 0 fully saturated rings. The Morgan fingerprint density at radius 1 is 1.27 bits per heavy atom. The molecule has 2 aliphatic rings. The van der Waals surface area contributed by atoms with Crippen LogP contribution in [0.3, 0.4) is 0 Å². The first-order valence-corrected chi connectivity index (χ1v) is 5.49. The molecule has 0 atom stereocenters. The summed E-state index contributed by atoms with van der Waals surface area (Å²) in [5, 5.41) is 3.34. The molecule has 3 rings (SSSR count). The Bertz CT molecular complexity index is 444. The van der Waals surface area contributed by atoms with E-state index in [2.05, 4.69) is 34.6 Å². The molecule has 2 heterocycles. The molecule has 0 saturated carbocycles. The summed E-state index contributed by atoms with van der Waals surface area (Å²) in [5.41, 5.74) is 5.37. The van der Waals surface area contributed by atoms with Crippen molar-refractivity contribution in [3.05, 3.63) is 35.4 Å². The minimum absolute atomic E-state index is 0.995. The van der Waals surface area contributed by atoms with Gasteiger partial charge in [0.15, 0.2) is 0 Å². The van der Waals surface area contributed by atoms with Gasteiger partial charge in [0.1, 0.15) is 0 Å². The van der Waals surface area contributed by atoms with E-state index in [9.17, 15) is 0 Å². The summed E-state index contributed by atoms with van der Waals surface area (Å²) in [7, 11) is 0. The first-order valence-electron chi connectivity index (χ1n) is 5.49. The lowest BCUT2D eigenvalue weighted by Crippen LogP contribution is -2.20. The monoisotopic (exact) mass is 198 g/mol. The molecule has 15 heavy (non-hydrogen) atoms. The lowest BCUT2D eigenvalue weighted by molar-refractivity contribution is 0.738. The largest absolute Gasteiger partial charge is 0.313 e. The second-order valence-electron chi connectivity index (χ2n) is 4.04. The molecule has 1 aromatic carbocycles. The predicted molar refractivity (Wildman–Crippen MR) is 63.8 cm³/mol. The van der Waals surface area contributed by atoms with Gasteiger partial charge < -0.3 is 5.32 Å². The van der Waals surface area contributed by atoms with Crippen molar-refractivity contribution in [2.45, 2.75) is 12.8 Å². The van der Waals surface area contributed by atoms with Crippen LogP contribution in [0.25, 0.3) is 5.57 Å². The minimum Gasteiger partial charge on any atom is -0.313 e. The molecule has 0 spiro atoms. The van der Waals surface area contributed by atoms with Crippen molar-refractivity contribution in [1.29, 1.82) is 0 Å². The van der Waals surface area contributed by atoms with Gasteiger partial charge in [-0.2, -0.15) is 0 Å². The first kappa shape index (κ1) is 8.86. The van der Waals surface area contributed by atoms with Gasteiger partial charge in [0.2, 0.25) is 0 Å². The van der Waals surface area contributed by atoms with Gasteiger partial charge in [-0.1, -0.05) is 12.1 Å². The van der Waals surface area contributed by atoms with Crippen LogP contribution in [0.4, 0.5) is 5.69 Å². The van der Waals surface area contributed by atoms with Gasteiger partial charge >= 0.3 is 0 Å². The third kappa shape index (κ3) is 1.61. The molecular weight excluding hydrogens is 184 g/mol. The zero-order valence-corrected chi connectivity index (χ0v) is 8.66. The van der Waals surface area contributed by atoms with Gasteiger partial charge in [0, 0.05) is 19.2 Å². The molecule has 0 radical (unpaired) electrons. The van der Waals surface area contributed by atoms with Gasteiger partial charge in [0.05, 0.1) is 5.69 Å². The third-order valence-corrected chi connectivity index (χ3v) is 3.06. The van der Waals surface area contributed by atoms with Gasteiger partial charge in [0.25, 0.3) is 0 Å². The van der Waals surface area contributed by atoms with E-state index in [1.807, 2.05) is 6.21 Å². The average Bonchev–Trinajstić information content (AvgIpc) is 2.77. The van der Waals surface area contributed by atoms with Crippen molar-refractivity contribution < 1.29 is 0 Å². The smallest absolute Gasteiger partial charge is 0.0661 e. The van der Waals surface area contributed by atoms with Crippen molar-refractivity contribution in [2.75, 3.05) is 13.1 Å².